The molecule has 1 aliphatic heterocycles. The molecule has 11 nitrogen and oxygen atoms in total. The van der Waals surface area contributed by atoms with Gasteiger partial charge in [-0.25, -0.2) is 0 Å². The Morgan fingerprint density at radius 1 is 0.914 bits per heavy atom. The van der Waals surface area contributed by atoms with E-state index >= 15 is 0 Å². The summed E-state index contributed by atoms with van der Waals surface area (Å²) in [5.74, 6) is 0.638. The van der Waals surface area contributed by atoms with Gasteiger partial charge in [-0.15, -0.1) is 0 Å². The number of benzene rings is 2. The molecule has 1 aliphatic rings. The van der Waals surface area contributed by atoms with E-state index in [9.17, 15) is 25.2 Å². The first-order valence-electron chi connectivity index (χ1n) is 10.7. The molecule has 2 aromatic carbocycles. The van der Waals surface area contributed by atoms with Crippen molar-refractivity contribution in [3.05, 3.63) is 46.8 Å². The highest BCUT2D eigenvalue weighted by atomic mass is 16.7. The van der Waals surface area contributed by atoms with Crippen molar-refractivity contribution in [2.45, 2.75) is 30.7 Å². The van der Waals surface area contributed by atoms with Crippen LogP contribution in [0.2, 0.25) is 0 Å². The molecule has 188 valence electrons. The topological polar surface area (TPSA) is 157 Å². The first kappa shape index (κ1) is 24.8. The molecule has 0 bridgehead atoms. The van der Waals surface area contributed by atoms with E-state index in [1.807, 2.05) is 0 Å². The molecule has 2 heterocycles. The molecule has 0 saturated carbocycles. The van der Waals surface area contributed by atoms with Gasteiger partial charge >= 0.3 is 0 Å². The van der Waals surface area contributed by atoms with Crippen molar-refractivity contribution in [3.8, 4) is 34.1 Å². The van der Waals surface area contributed by atoms with E-state index in [4.69, 9.17) is 28.1 Å². The molecule has 35 heavy (non-hydrogen) atoms. The summed E-state index contributed by atoms with van der Waals surface area (Å²) in [7, 11) is 4.22. The number of hydrogen-bond acceptors (Lipinski definition) is 11. The lowest BCUT2D eigenvalue weighted by Gasteiger charge is -2.39. The SMILES string of the molecule is COc1ccc(-c2coc3cc(O[C@@H]4O[C@@H](CO)[C@@H](O)[C@H](O)[C@H]4O)c(OC)c(OC)c3c2=O)cc1. The number of ether oxygens (including phenoxy) is 5. The van der Waals surface area contributed by atoms with Gasteiger partial charge in [0.25, 0.3) is 0 Å². The normalized spacial score (nSPS) is 24.3. The smallest absolute Gasteiger partial charge is 0.229 e. The lowest BCUT2D eigenvalue weighted by Crippen LogP contribution is -2.60. The second kappa shape index (κ2) is 10.1. The van der Waals surface area contributed by atoms with Crippen LogP contribution in [-0.2, 0) is 4.74 Å². The average Bonchev–Trinajstić information content (AvgIpc) is 2.88. The van der Waals surface area contributed by atoms with Gasteiger partial charge in [0.2, 0.25) is 17.5 Å². The van der Waals surface area contributed by atoms with Gasteiger partial charge in [-0.05, 0) is 17.7 Å². The molecule has 0 spiro atoms. The number of hydrogen-bond donors (Lipinski definition) is 4. The number of aliphatic hydroxyl groups excluding tert-OH is 4. The van der Waals surface area contributed by atoms with Crippen LogP contribution in [0.5, 0.6) is 23.0 Å². The van der Waals surface area contributed by atoms with E-state index in [1.54, 1.807) is 31.4 Å². The predicted octanol–water partition coefficient (Wildman–Crippen LogP) is 0.664. The maximum absolute atomic E-state index is 13.4. The highest BCUT2D eigenvalue weighted by Crippen LogP contribution is 2.44. The van der Waals surface area contributed by atoms with E-state index < -0.39 is 37.3 Å². The summed E-state index contributed by atoms with van der Waals surface area (Å²) in [4.78, 5) is 13.4. The summed E-state index contributed by atoms with van der Waals surface area (Å²) < 4.78 is 33.0. The van der Waals surface area contributed by atoms with Gasteiger partial charge in [0, 0.05) is 6.07 Å². The minimum absolute atomic E-state index is 0.0103. The van der Waals surface area contributed by atoms with Gasteiger partial charge in [0.05, 0.1) is 33.5 Å². The zero-order valence-electron chi connectivity index (χ0n) is 19.2. The Labute approximate surface area is 199 Å². The fraction of sp³-hybridized carbons (Fsp3) is 0.375. The Morgan fingerprint density at radius 2 is 1.60 bits per heavy atom. The van der Waals surface area contributed by atoms with Crippen LogP contribution in [0.3, 0.4) is 0 Å². The molecule has 0 radical (unpaired) electrons. The quantitative estimate of drug-likeness (QED) is 0.369. The predicted molar refractivity (Wildman–Crippen MR) is 122 cm³/mol. The number of fused-ring (bicyclic) bond motifs is 1. The molecule has 4 N–H and O–H groups in total. The molecule has 3 aromatic rings. The Kier molecular flexibility index (Phi) is 7.15. The van der Waals surface area contributed by atoms with Crippen LogP contribution in [-0.4, -0.2) is 79.1 Å². The molecule has 0 aliphatic carbocycles. The second-order valence-electron chi connectivity index (χ2n) is 7.84. The maximum atomic E-state index is 13.4. The molecular weight excluding hydrogens is 464 g/mol. The molecule has 4 rings (SSSR count). The highest BCUT2D eigenvalue weighted by Gasteiger charge is 2.45. The molecule has 0 unspecified atom stereocenters. The summed E-state index contributed by atoms with van der Waals surface area (Å²) in [5, 5.41) is 39.9. The van der Waals surface area contributed by atoms with Crippen molar-refractivity contribution < 1.29 is 48.5 Å². The summed E-state index contributed by atoms with van der Waals surface area (Å²) in [6.45, 7) is -0.619. The van der Waals surface area contributed by atoms with Gasteiger partial charge in [0.1, 0.15) is 47.4 Å². The van der Waals surface area contributed by atoms with E-state index in [2.05, 4.69) is 0 Å². The molecule has 0 amide bonds. The standard InChI is InChI=1S/C24H26O11/c1-30-12-6-4-11(5-7-12)13-10-33-14-8-15(22(31-2)23(32-3)17(14)18(13)26)34-24-21(29)20(28)19(27)16(9-25)35-24/h4-8,10,16,19-21,24-25,27-29H,9H2,1-3H3/t16-,19+,20-,21+,24+/m0/s1. The van der Waals surface area contributed by atoms with Gasteiger partial charge in [-0.1, -0.05) is 12.1 Å². The maximum Gasteiger partial charge on any atom is 0.229 e. The Hall–Kier alpha value is -3.35. The Morgan fingerprint density at radius 3 is 2.20 bits per heavy atom. The van der Waals surface area contributed by atoms with E-state index in [-0.39, 0.29) is 39.2 Å². The lowest BCUT2D eigenvalue weighted by atomic mass is 9.99. The number of methoxy groups -OCH3 is 3. The summed E-state index contributed by atoms with van der Waals surface area (Å²) in [5.41, 5.74) is 0.600. The lowest BCUT2D eigenvalue weighted by molar-refractivity contribution is -0.277. The molecule has 1 aromatic heterocycles. The second-order valence-corrected chi connectivity index (χ2v) is 7.84. The molecule has 1 fully saturated rings. The first-order valence-corrected chi connectivity index (χ1v) is 10.7. The average molecular weight is 490 g/mol. The number of aliphatic hydroxyl groups is 4. The summed E-state index contributed by atoms with van der Waals surface area (Å²) in [6.07, 6.45) is -6.18. The highest BCUT2D eigenvalue weighted by molar-refractivity contribution is 5.91. The largest absolute Gasteiger partial charge is 0.497 e. The molecular formula is C24H26O11. The van der Waals surface area contributed by atoms with Crippen LogP contribution in [0.15, 0.2) is 45.8 Å². The third-order valence-electron chi connectivity index (χ3n) is 5.84. The van der Waals surface area contributed by atoms with Crippen LogP contribution >= 0.6 is 0 Å². The third kappa shape index (κ3) is 4.40. The van der Waals surface area contributed by atoms with Crippen LogP contribution < -0.4 is 24.4 Å². The summed E-state index contributed by atoms with van der Waals surface area (Å²) >= 11 is 0. The molecule has 11 heteroatoms. The van der Waals surface area contributed by atoms with Gasteiger partial charge < -0.3 is 48.5 Å². The van der Waals surface area contributed by atoms with Crippen LogP contribution in [0.4, 0.5) is 0 Å². The number of rotatable bonds is 7. The van der Waals surface area contributed by atoms with Crippen molar-refractivity contribution in [3.63, 3.8) is 0 Å². The van der Waals surface area contributed by atoms with Gasteiger partial charge in [-0.3, -0.25) is 4.79 Å². The van der Waals surface area contributed by atoms with E-state index in [0.29, 0.717) is 11.3 Å². The monoisotopic (exact) mass is 490 g/mol. The van der Waals surface area contributed by atoms with Crippen molar-refractivity contribution in [2.75, 3.05) is 27.9 Å². The fourth-order valence-electron chi connectivity index (χ4n) is 3.95. The zero-order chi connectivity index (χ0) is 25.3. The fourth-order valence-corrected chi connectivity index (χ4v) is 3.95. The van der Waals surface area contributed by atoms with Crippen molar-refractivity contribution in [2.24, 2.45) is 0 Å². The molecule has 1 saturated heterocycles. The van der Waals surface area contributed by atoms with Gasteiger partial charge in [-0.2, -0.15) is 0 Å². The zero-order valence-corrected chi connectivity index (χ0v) is 19.2. The van der Waals surface area contributed by atoms with E-state index in [0.717, 1.165) is 0 Å². The minimum Gasteiger partial charge on any atom is -0.497 e. The van der Waals surface area contributed by atoms with Crippen molar-refractivity contribution in [1.29, 1.82) is 0 Å². The van der Waals surface area contributed by atoms with Crippen LogP contribution in [0.1, 0.15) is 0 Å². The molecule has 5 atom stereocenters. The van der Waals surface area contributed by atoms with Crippen LogP contribution in [0.25, 0.3) is 22.1 Å². The van der Waals surface area contributed by atoms with Crippen molar-refractivity contribution >= 4 is 11.0 Å². The van der Waals surface area contributed by atoms with Gasteiger partial charge in [0.15, 0.2) is 11.5 Å². The minimum atomic E-state index is -1.65. The summed E-state index contributed by atoms with van der Waals surface area (Å²) in [6, 6.07) is 8.23. The first-order chi connectivity index (χ1) is 16.8. The Balaban J connectivity index is 1.79. The Bertz CT molecular complexity index is 1230. The van der Waals surface area contributed by atoms with E-state index in [1.165, 1.54) is 26.5 Å². The van der Waals surface area contributed by atoms with Crippen molar-refractivity contribution in [1.82, 2.24) is 0 Å². The third-order valence-corrected chi connectivity index (χ3v) is 5.84. The van der Waals surface area contributed by atoms with Crippen LogP contribution in [0, 0.1) is 0 Å².